The molecule has 1 rings (SSSR count). The van der Waals surface area contributed by atoms with Crippen LogP contribution in [0.4, 0.5) is 0 Å². The smallest absolute Gasteiger partial charge is 0.123 e. The number of hydrogen-bond donors (Lipinski definition) is 0. The van der Waals surface area contributed by atoms with Crippen molar-refractivity contribution in [1.29, 1.82) is 0 Å². The molecular weight excluding hydrogens is 174 g/mol. The molecule has 0 saturated carbocycles. The van der Waals surface area contributed by atoms with Crippen LogP contribution in [0.5, 0.6) is 0 Å². The molecule has 0 N–H and O–H groups in total. The summed E-state index contributed by atoms with van der Waals surface area (Å²) in [6, 6.07) is 0.680. The van der Waals surface area contributed by atoms with Crippen LogP contribution in [0.25, 0.3) is 0 Å². The van der Waals surface area contributed by atoms with Gasteiger partial charge in [0.25, 0.3) is 0 Å². The monoisotopic (exact) mass is 195 g/mol. The molecule has 80 valence electrons. The minimum atomic E-state index is 0.570. The van der Waals surface area contributed by atoms with E-state index in [1.54, 1.807) is 0 Å². The zero-order chi connectivity index (χ0) is 10.4. The molecule has 0 aliphatic carbocycles. The molecule has 0 radical (unpaired) electrons. The molecule has 0 bridgehead atoms. The van der Waals surface area contributed by atoms with Crippen LogP contribution in [0.2, 0.25) is 0 Å². The van der Waals surface area contributed by atoms with Gasteiger partial charge in [-0.05, 0) is 39.2 Å². The lowest BCUT2D eigenvalue weighted by molar-refractivity contribution is -0.107. The fourth-order valence-corrected chi connectivity index (χ4v) is 1.96. The maximum absolute atomic E-state index is 10.1. The average molecular weight is 195 g/mol. The lowest BCUT2D eigenvalue weighted by Gasteiger charge is -2.19. The molecule has 1 saturated heterocycles. The molecule has 0 amide bonds. The Hall–Kier alpha value is -0.630. The Balaban J connectivity index is 2.19. The predicted molar refractivity (Wildman–Crippen MR) is 59.3 cm³/mol. The molecule has 1 unspecified atom stereocenters. The van der Waals surface area contributed by atoms with E-state index in [2.05, 4.69) is 24.8 Å². The first-order chi connectivity index (χ1) is 6.74. The Kier molecular flexibility index (Phi) is 4.88. The topological polar surface area (TPSA) is 20.3 Å². The lowest BCUT2D eigenvalue weighted by Crippen LogP contribution is -2.28. The molecule has 1 fully saturated rings. The number of rotatable bonds is 5. The summed E-state index contributed by atoms with van der Waals surface area (Å²) < 4.78 is 0. The number of carbonyl (C=O) groups excluding carboxylic acids is 1. The molecule has 1 atom stereocenters. The standard InChI is InChI=1S/C12H21NO/c1-11(2)13-8-7-12(10-13)6-4-3-5-9-14/h3-4,9,11-12H,5-8,10H2,1-2H3/b4-3-. The van der Waals surface area contributed by atoms with Crippen LogP contribution in [0.1, 0.15) is 33.1 Å². The van der Waals surface area contributed by atoms with Crippen LogP contribution in [-0.4, -0.2) is 30.3 Å². The Morgan fingerprint density at radius 2 is 2.21 bits per heavy atom. The van der Waals surface area contributed by atoms with E-state index in [-0.39, 0.29) is 0 Å². The fourth-order valence-electron chi connectivity index (χ4n) is 1.96. The van der Waals surface area contributed by atoms with Crippen molar-refractivity contribution in [3.8, 4) is 0 Å². The lowest BCUT2D eigenvalue weighted by atomic mass is 10.0. The van der Waals surface area contributed by atoms with Crippen molar-refractivity contribution >= 4 is 6.29 Å². The van der Waals surface area contributed by atoms with Crippen molar-refractivity contribution in [1.82, 2.24) is 4.90 Å². The van der Waals surface area contributed by atoms with E-state index >= 15 is 0 Å². The summed E-state index contributed by atoms with van der Waals surface area (Å²) in [5, 5.41) is 0. The zero-order valence-electron chi connectivity index (χ0n) is 9.28. The number of nitrogens with zero attached hydrogens (tertiary/aromatic N) is 1. The largest absolute Gasteiger partial charge is 0.303 e. The Morgan fingerprint density at radius 1 is 1.43 bits per heavy atom. The van der Waals surface area contributed by atoms with E-state index in [1.165, 1.54) is 19.5 Å². The van der Waals surface area contributed by atoms with Gasteiger partial charge in [-0.1, -0.05) is 12.2 Å². The van der Waals surface area contributed by atoms with E-state index in [4.69, 9.17) is 0 Å². The van der Waals surface area contributed by atoms with E-state index in [0.717, 1.165) is 18.6 Å². The van der Waals surface area contributed by atoms with Crippen molar-refractivity contribution < 1.29 is 4.79 Å². The molecule has 1 heterocycles. The van der Waals surface area contributed by atoms with E-state index in [0.29, 0.717) is 12.5 Å². The van der Waals surface area contributed by atoms with Crippen molar-refractivity contribution in [3.05, 3.63) is 12.2 Å². The summed E-state index contributed by atoms with van der Waals surface area (Å²) in [5.41, 5.74) is 0. The quantitative estimate of drug-likeness (QED) is 0.495. The van der Waals surface area contributed by atoms with Gasteiger partial charge in [0.05, 0.1) is 0 Å². The maximum atomic E-state index is 10.1. The van der Waals surface area contributed by atoms with Crippen molar-refractivity contribution in [2.45, 2.75) is 39.2 Å². The average Bonchev–Trinajstić information content (AvgIpc) is 2.61. The summed E-state index contributed by atoms with van der Waals surface area (Å²) in [5.74, 6) is 0.806. The molecule has 0 aromatic heterocycles. The van der Waals surface area contributed by atoms with Gasteiger partial charge in [-0.15, -0.1) is 0 Å². The summed E-state index contributed by atoms with van der Waals surface area (Å²) in [6.07, 6.45) is 8.10. The zero-order valence-corrected chi connectivity index (χ0v) is 9.28. The highest BCUT2D eigenvalue weighted by Gasteiger charge is 2.22. The first-order valence-corrected chi connectivity index (χ1v) is 5.56. The third-order valence-electron chi connectivity index (χ3n) is 2.92. The Labute approximate surface area is 87.0 Å². The first-order valence-electron chi connectivity index (χ1n) is 5.56. The van der Waals surface area contributed by atoms with Crippen LogP contribution in [0.3, 0.4) is 0 Å². The van der Waals surface area contributed by atoms with E-state index in [9.17, 15) is 4.79 Å². The van der Waals surface area contributed by atoms with Crippen LogP contribution in [0.15, 0.2) is 12.2 Å². The molecule has 0 aromatic rings. The second-order valence-electron chi connectivity index (χ2n) is 4.35. The second kappa shape index (κ2) is 5.97. The van der Waals surface area contributed by atoms with Gasteiger partial charge in [0, 0.05) is 19.0 Å². The minimum absolute atomic E-state index is 0.570. The van der Waals surface area contributed by atoms with Gasteiger partial charge in [-0.2, -0.15) is 0 Å². The molecule has 0 spiro atoms. The molecular formula is C12H21NO. The number of likely N-dealkylation sites (tertiary alicyclic amines) is 1. The molecule has 2 heteroatoms. The molecule has 1 aliphatic heterocycles. The van der Waals surface area contributed by atoms with Gasteiger partial charge >= 0.3 is 0 Å². The molecule has 1 aliphatic rings. The van der Waals surface area contributed by atoms with E-state index in [1.807, 2.05) is 6.08 Å². The predicted octanol–water partition coefficient (Wildman–Crippen LogP) is 2.25. The Morgan fingerprint density at radius 3 is 2.79 bits per heavy atom. The maximum Gasteiger partial charge on any atom is 0.123 e. The summed E-state index contributed by atoms with van der Waals surface area (Å²) >= 11 is 0. The number of carbonyl (C=O) groups is 1. The van der Waals surface area contributed by atoms with Crippen LogP contribution >= 0.6 is 0 Å². The van der Waals surface area contributed by atoms with Crippen molar-refractivity contribution in [2.75, 3.05) is 13.1 Å². The van der Waals surface area contributed by atoms with Gasteiger partial charge in [0.15, 0.2) is 0 Å². The van der Waals surface area contributed by atoms with Crippen LogP contribution < -0.4 is 0 Å². The van der Waals surface area contributed by atoms with Gasteiger partial charge in [0.2, 0.25) is 0 Å². The van der Waals surface area contributed by atoms with Crippen molar-refractivity contribution in [2.24, 2.45) is 5.92 Å². The highest BCUT2D eigenvalue weighted by atomic mass is 16.1. The van der Waals surface area contributed by atoms with E-state index < -0.39 is 0 Å². The first kappa shape index (κ1) is 11.4. The fraction of sp³-hybridized carbons (Fsp3) is 0.750. The summed E-state index contributed by atoms with van der Waals surface area (Å²) in [4.78, 5) is 12.6. The van der Waals surface area contributed by atoms with Gasteiger partial charge in [-0.25, -0.2) is 0 Å². The third-order valence-corrected chi connectivity index (χ3v) is 2.92. The van der Waals surface area contributed by atoms with Crippen LogP contribution in [-0.2, 0) is 4.79 Å². The Bertz CT molecular complexity index is 198. The summed E-state index contributed by atoms with van der Waals surface area (Å²) in [6.45, 7) is 6.97. The van der Waals surface area contributed by atoms with Gasteiger partial charge < -0.3 is 9.69 Å². The third kappa shape index (κ3) is 3.62. The molecule has 14 heavy (non-hydrogen) atoms. The second-order valence-corrected chi connectivity index (χ2v) is 4.35. The SMILES string of the molecule is CC(C)N1CCC(C/C=C\CC=O)C1. The van der Waals surface area contributed by atoms with Crippen molar-refractivity contribution in [3.63, 3.8) is 0 Å². The number of allylic oxidation sites excluding steroid dienone is 2. The minimum Gasteiger partial charge on any atom is -0.303 e. The van der Waals surface area contributed by atoms with Crippen LogP contribution in [0, 0.1) is 5.92 Å². The highest BCUT2D eigenvalue weighted by molar-refractivity contribution is 5.51. The highest BCUT2D eigenvalue weighted by Crippen LogP contribution is 2.21. The molecule has 0 aromatic carbocycles. The normalized spacial score (nSPS) is 23.8. The van der Waals surface area contributed by atoms with Gasteiger partial charge in [0.1, 0.15) is 6.29 Å². The molecule has 2 nitrogen and oxygen atoms in total. The van der Waals surface area contributed by atoms with Gasteiger partial charge in [-0.3, -0.25) is 0 Å². The number of hydrogen-bond acceptors (Lipinski definition) is 2. The summed E-state index contributed by atoms with van der Waals surface area (Å²) in [7, 11) is 0. The number of aldehydes is 1.